The van der Waals surface area contributed by atoms with Crippen molar-refractivity contribution in [3.8, 4) is 22.9 Å². The van der Waals surface area contributed by atoms with E-state index in [-0.39, 0.29) is 5.54 Å². The second kappa shape index (κ2) is 8.69. The molecule has 1 saturated carbocycles. The Morgan fingerprint density at radius 3 is 2.81 bits per heavy atom. The zero-order valence-corrected chi connectivity index (χ0v) is 18.6. The fourth-order valence-corrected chi connectivity index (χ4v) is 4.46. The highest BCUT2D eigenvalue weighted by atomic mass is 16.5. The van der Waals surface area contributed by atoms with Crippen LogP contribution in [0.1, 0.15) is 56.3 Å². The number of hydrogen-bond donors (Lipinski definition) is 2. The molecule has 31 heavy (non-hydrogen) atoms. The van der Waals surface area contributed by atoms with Crippen LogP contribution in [0.3, 0.4) is 0 Å². The maximum atomic E-state index is 9.33. The lowest BCUT2D eigenvalue weighted by molar-refractivity contribution is 0.237. The molecule has 3 N–H and O–H groups in total. The summed E-state index contributed by atoms with van der Waals surface area (Å²) in [6.07, 6.45) is 10.9. The van der Waals surface area contributed by atoms with Crippen molar-refractivity contribution in [3.05, 3.63) is 35.9 Å². The molecule has 1 aliphatic rings. The third-order valence-electron chi connectivity index (χ3n) is 6.57. The molecule has 0 bridgehead atoms. The molecule has 0 saturated heterocycles. The Labute approximate surface area is 183 Å². The van der Waals surface area contributed by atoms with Gasteiger partial charge in [0.2, 0.25) is 0 Å². The van der Waals surface area contributed by atoms with E-state index in [1.807, 2.05) is 18.5 Å². The second-order valence-electron chi connectivity index (χ2n) is 8.59. The highest BCUT2D eigenvalue weighted by Gasteiger charge is 2.31. The number of aromatic nitrogens is 4. The van der Waals surface area contributed by atoms with Crippen LogP contribution in [-0.4, -0.2) is 45.1 Å². The van der Waals surface area contributed by atoms with Gasteiger partial charge in [-0.25, -0.2) is 4.52 Å². The van der Waals surface area contributed by atoms with Crippen LogP contribution in [0.4, 0.5) is 0 Å². The summed E-state index contributed by atoms with van der Waals surface area (Å²) >= 11 is 0. The van der Waals surface area contributed by atoms with Gasteiger partial charge in [0.15, 0.2) is 0 Å². The van der Waals surface area contributed by atoms with Crippen molar-refractivity contribution >= 4 is 5.52 Å². The average Bonchev–Trinajstić information content (AvgIpc) is 3.35. The van der Waals surface area contributed by atoms with Crippen molar-refractivity contribution in [2.75, 3.05) is 20.2 Å². The van der Waals surface area contributed by atoms with Crippen molar-refractivity contribution in [1.82, 2.24) is 24.7 Å². The van der Waals surface area contributed by atoms with E-state index >= 15 is 0 Å². The molecule has 0 aromatic carbocycles. The molecule has 1 unspecified atom stereocenters. The highest BCUT2D eigenvalue weighted by Crippen LogP contribution is 2.32. The molecule has 1 fully saturated rings. The van der Waals surface area contributed by atoms with Gasteiger partial charge in [-0.2, -0.15) is 15.5 Å². The summed E-state index contributed by atoms with van der Waals surface area (Å²) in [5, 5.41) is 21.9. The number of methoxy groups -OCH3 is 1. The SMILES string of the molecule is CCC(CCNCC1(N)CCC1)n1ncc(-c2cc(OC)c3c(C#N)cnn3c2)c1C. The predicted octanol–water partition coefficient (Wildman–Crippen LogP) is 3.20. The van der Waals surface area contributed by atoms with Crippen LogP contribution in [0.25, 0.3) is 16.6 Å². The van der Waals surface area contributed by atoms with E-state index in [9.17, 15) is 5.26 Å². The lowest BCUT2D eigenvalue weighted by atomic mass is 9.78. The summed E-state index contributed by atoms with van der Waals surface area (Å²) < 4.78 is 9.38. The fraction of sp³-hybridized carbons (Fsp3) is 0.522. The van der Waals surface area contributed by atoms with Gasteiger partial charge >= 0.3 is 0 Å². The highest BCUT2D eigenvalue weighted by molar-refractivity contribution is 5.75. The molecule has 0 spiro atoms. The maximum Gasteiger partial charge on any atom is 0.146 e. The largest absolute Gasteiger partial charge is 0.494 e. The third kappa shape index (κ3) is 4.03. The zero-order valence-electron chi connectivity index (χ0n) is 18.6. The van der Waals surface area contributed by atoms with E-state index in [2.05, 4.69) is 35.0 Å². The number of fused-ring (bicyclic) bond motifs is 1. The Hall–Kier alpha value is -2.89. The van der Waals surface area contributed by atoms with Crippen LogP contribution in [-0.2, 0) is 0 Å². The first kappa shape index (κ1) is 21.3. The van der Waals surface area contributed by atoms with E-state index in [1.165, 1.54) is 6.42 Å². The molecular formula is C23H31N7O. The Kier molecular flexibility index (Phi) is 5.99. The summed E-state index contributed by atoms with van der Waals surface area (Å²) in [5.41, 5.74) is 10.6. The number of hydrogen-bond acceptors (Lipinski definition) is 6. The molecule has 1 aliphatic carbocycles. The predicted molar refractivity (Wildman–Crippen MR) is 120 cm³/mol. The van der Waals surface area contributed by atoms with Gasteiger partial charge in [0, 0.05) is 35.1 Å². The number of ether oxygens (including phenoxy) is 1. The first-order valence-electron chi connectivity index (χ1n) is 11.0. The van der Waals surface area contributed by atoms with Gasteiger partial charge in [0.05, 0.1) is 25.5 Å². The molecule has 0 amide bonds. The summed E-state index contributed by atoms with van der Waals surface area (Å²) in [4.78, 5) is 0. The van der Waals surface area contributed by atoms with E-state index in [0.29, 0.717) is 22.9 Å². The summed E-state index contributed by atoms with van der Waals surface area (Å²) in [7, 11) is 1.61. The van der Waals surface area contributed by atoms with Crippen LogP contribution in [0.15, 0.2) is 24.7 Å². The number of rotatable bonds is 9. The molecular weight excluding hydrogens is 390 g/mol. The smallest absolute Gasteiger partial charge is 0.146 e. The van der Waals surface area contributed by atoms with Crippen molar-refractivity contribution in [1.29, 1.82) is 5.26 Å². The number of nitrogens with two attached hydrogens (primary N) is 1. The van der Waals surface area contributed by atoms with Crippen LogP contribution < -0.4 is 15.8 Å². The van der Waals surface area contributed by atoms with E-state index in [1.54, 1.807) is 17.8 Å². The molecule has 1 atom stereocenters. The summed E-state index contributed by atoms with van der Waals surface area (Å²) in [5.74, 6) is 0.627. The molecule has 8 heteroatoms. The lowest BCUT2D eigenvalue weighted by Gasteiger charge is -2.38. The molecule has 0 aliphatic heterocycles. The number of nitriles is 1. The van der Waals surface area contributed by atoms with Crippen molar-refractivity contribution in [3.63, 3.8) is 0 Å². The van der Waals surface area contributed by atoms with Gasteiger partial charge in [0.25, 0.3) is 0 Å². The Bertz CT molecular complexity index is 1100. The average molecular weight is 422 g/mol. The first-order chi connectivity index (χ1) is 15.0. The van der Waals surface area contributed by atoms with Crippen LogP contribution in [0, 0.1) is 18.3 Å². The number of pyridine rings is 1. The Morgan fingerprint density at radius 1 is 1.35 bits per heavy atom. The molecule has 3 aromatic rings. The maximum absolute atomic E-state index is 9.33. The van der Waals surface area contributed by atoms with Crippen molar-refractivity contribution < 1.29 is 4.74 Å². The standard InChI is InChI=1S/C23H31N7O/c1-4-19(6-9-26-15-23(25)7-5-8-23)30-16(2)20(13-28-30)17-10-21(31-3)22-18(11-24)12-27-29(22)14-17/h10,12-14,19,26H,4-9,15,25H2,1-3H3. The summed E-state index contributed by atoms with van der Waals surface area (Å²) in [6.45, 7) is 6.11. The van der Waals surface area contributed by atoms with E-state index < -0.39 is 0 Å². The number of nitrogens with zero attached hydrogens (tertiary/aromatic N) is 5. The van der Waals surface area contributed by atoms with E-state index in [0.717, 1.165) is 55.6 Å². The van der Waals surface area contributed by atoms with Gasteiger partial charge in [-0.05, 0) is 51.6 Å². The quantitative estimate of drug-likeness (QED) is 0.514. The Morgan fingerprint density at radius 2 is 2.16 bits per heavy atom. The topological polar surface area (TPSA) is 106 Å². The first-order valence-corrected chi connectivity index (χ1v) is 11.0. The minimum absolute atomic E-state index is 0.00606. The minimum atomic E-state index is 0.00606. The second-order valence-corrected chi connectivity index (χ2v) is 8.59. The van der Waals surface area contributed by atoms with Crippen molar-refractivity contribution in [2.24, 2.45) is 5.73 Å². The monoisotopic (exact) mass is 421 g/mol. The molecule has 0 radical (unpaired) electrons. The number of nitrogens with one attached hydrogen (secondary N) is 1. The fourth-order valence-electron chi connectivity index (χ4n) is 4.46. The van der Waals surface area contributed by atoms with Crippen LogP contribution in [0.2, 0.25) is 0 Å². The molecule has 3 heterocycles. The van der Waals surface area contributed by atoms with Gasteiger partial charge in [0.1, 0.15) is 22.9 Å². The Balaban J connectivity index is 1.53. The van der Waals surface area contributed by atoms with Gasteiger partial charge in [-0.1, -0.05) is 6.92 Å². The zero-order chi connectivity index (χ0) is 22.0. The van der Waals surface area contributed by atoms with Crippen LogP contribution in [0.5, 0.6) is 5.75 Å². The molecule has 164 valence electrons. The summed E-state index contributed by atoms with van der Waals surface area (Å²) in [6, 6.07) is 4.44. The van der Waals surface area contributed by atoms with E-state index in [4.69, 9.17) is 15.6 Å². The van der Waals surface area contributed by atoms with Gasteiger partial charge in [-0.15, -0.1) is 0 Å². The van der Waals surface area contributed by atoms with Crippen LogP contribution >= 0.6 is 0 Å². The van der Waals surface area contributed by atoms with Gasteiger partial charge in [-0.3, -0.25) is 4.68 Å². The molecule has 3 aromatic heterocycles. The normalized spacial score (nSPS) is 16.1. The van der Waals surface area contributed by atoms with Gasteiger partial charge < -0.3 is 15.8 Å². The minimum Gasteiger partial charge on any atom is -0.494 e. The van der Waals surface area contributed by atoms with Crippen molar-refractivity contribution in [2.45, 2.75) is 57.5 Å². The lowest BCUT2D eigenvalue weighted by Crippen LogP contribution is -2.54. The third-order valence-corrected chi connectivity index (χ3v) is 6.57. The molecule has 8 nitrogen and oxygen atoms in total. The molecule has 4 rings (SSSR count).